The summed E-state index contributed by atoms with van der Waals surface area (Å²) in [6.45, 7) is 5.23. The van der Waals surface area contributed by atoms with Crippen LogP contribution >= 0.6 is 0 Å². The van der Waals surface area contributed by atoms with Crippen molar-refractivity contribution in [1.29, 1.82) is 0 Å². The minimum atomic E-state index is -0.591. The van der Waals surface area contributed by atoms with E-state index in [1.807, 2.05) is 19.9 Å². The molecule has 1 saturated heterocycles. The van der Waals surface area contributed by atoms with Gasteiger partial charge < -0.3 is 25.0 Å². The van der Waals surface area contributed by atoms with Gasteiger partial charge in [-0.2, -0.15) is 0 Å². The lowest BCUT2D eigenvalue weighted by atomic mass is 9.96. The molecule has 3 atom stereocenters. The van der Waals surface area contributed by atoms with Crippen LogP contribution in [0.1, 0.15) is 52.4 Å². The number of anilines is 1. The Morgan fingerprint density at radius 1 is 1.16 bits per heavy atom. The third kappa shape index (κ3) is 4.84. The van der Waals surface area contributed by atoms with Crippen molar-refractivity contribution >= 4 is 23.4 Å². The molecule has 2 N–H and O–H groups in total. The molecular weight excluding hydrogens is 410 g/mol. The van der Waals surface area contributed by atoms with E-state index < -0.39 is 12.0 Å². The Morgan fingerprint density at radius 3 is 2.59 bits per heavy atom. The number of nitrogens with one attached hydrogen (secondary N) is 2. The zero-order chi connectivity index (χ0) is 22.7. The minimum Gasteiger partial charge on any atom is -0.486 e. The Bertz CT molecular complexity index is 867. The van der Waals surface area contributed by atoms with E-state index in [-0.39, 0.29) is 42.6 Å². The number of nitrogens with zero attached hydrogens (tertiary/aromatic N) is 1. The Hall–Kier alpha value is -2.77. The van der Waals surface area contributed by atoms with Crippen LogP contribution in [-0.4, -0.2) is 49.6 Å². The first-order valence-electron chi connectivity index (χ1n) is 11.8. The maximum atomic E-state index is 13.1. The summed E-state index contributed by atoms with van der Waals surface area (Å²) in [6.07, 6.45) is 5.15. The molecule has 0 aromatic heterocycles. The monoisotopic (exact) mass is 443 g/mol. The van der Waals surface area contributed by atoms with Crippen molar-refractivity contribution in [2.45, 2.75) is 64.5 Å². The number of hydrogen-bond acceptors (Lipinski definition) is 5. The van der Waals surface area contributed by atoms with Gasteiger partial charge in [-0.05, 0) is 30.9 Å². The molecule has 1 aromatic rings. The zero-order valence-corrected chi connectivity index (χ0v) is 18.9. The predicted molar refractivity (Wildman–Crippen MR) is 120 cm³/mol. The molecule has 32 heavy (non-hydrogen) atoms. The Labute approximate surface area is 189 Å². The Morgan fingerprint density at radius 2 is 1.88 bits per heavy atom. The number of amides is 3. The molecule has 4 rings (SSSR count). The van der Waals surface area contributed by atoms with Crippen molar-refractivity contribution in [3.63, 3.8) is 0 Å². The molecule has 2 heterocycles. The van der Waals surface area contributed by atoms with Gasteiger partial charge in [0.2, 0.25) is 17.7 Å². The highest BCUT2D eigenvalue weighted by Crippen LogP contribution is 2.36. The molecule has 1 aliphatic carbocycles. The van der Waals surface area contributed by atoms with Gasteiger partial charge >= 0.3 is 0 Å². The highest BCUT2D eigenvalue weighted by molar-refractivity contribution is 6.01. The van der Waals surface area contributed by atoms with E-state index in [2.05, 4.69) is 10.6 Å². The Balaban J connectivity index is 1.41. The van der Waals surface area contributed by atoms with Crippen molar-refractivity contribution in [2.75, 3.05) is 24.7 Å². The van der Waals surface area contributed by atoms with E-state index in [1.54, 1.807) is 17.0 Å². The van der Waals surface area contributed by atoms with Gasteiger partial charge in [0.15, 0.2) is 11.5 Å². The summed E-state index contributed by atoms with van der Waals surface area (Å²) in [4.78, 5) is 40.3. The fourth-order valence-electron chi connectivity index (χ4n) is 4.67. The molecule has 0 bridgehead atoms. The smallest absolute Gasteiger partial charge is 0.243 e. The second-order valence-corrected chi connectivity index (χ2v) is 9.10. The summed E-state index contributed by atoms with van der Waals surface area (Å²) in [5.41, 5.74) is 0.687. The van der Waals surface area contributed by atoms with Gasteiger partial charge in [0.25, 0.3) is 0 Å². The molecule has 174 valence electrons. The van der Waals surface area contributed by atoms with E-state index in [4.69, 9.17) is 9.47 Å². The summed E-state index contributed by atoms with van der Waals surface area (Å²) >= 11 is 0. The second-order valence-electron chi connectivity index (χ2n) is 9.10. The average molecular weight is 444 g/mol. The van der Waals surface area contributed by atoms with Crippen molar-refractivity contribution < 1.29 is 23.9 Å². The van der Waals surface area contributed by atoms with E-state index in [0.29, 0.717) is 30.4 Å². The zero-order valence-electron chi connectivity index (χ0n) is 18.9. The van der Waals surface area contributed by atoms with Gasteiger partial charge in [-0.25, -0.2) is 0 Å². The molecule has 2 aliphatic heterocycles. The van der Waals surface area contributed by atoms with Crippen molar-refractivity contribution in [1.82, 2.24) is 10.6 Å². The highest BCUT2D eigenvalue weighted by Gasteiger charge is 2.38. The molecule has 0 spiro atoms. The van der Waals surface area contributed by atoms with Crippen LogP contribution in [-0.2, 0) is 14.4 Å². The van der Waals surface area contributed by atoms with Gasteiger partial charge in [0.05, 0.1) is 5.92 Å². The van der Waals surface area contributed by atoms with Crippen LogP contribution in [0.2, 0.25) is 0 Å². The number of rotatable bonds is 7. The predicted octanol–water partition coefficient (Wildman–Crippen LogP) is 2.40. The van der Waals surface area contributed by atoms with Gasteiger partial charge in [-0.3, -0.25) is 14.4 Å². The number of ether oxygens (including phenoxy) is 2. The second kappa shape index (κ2) is 9.79. The number of hydrogen-bond donors (Lipinski definition) is 2. The lowest BCUT2D eigenvalue weighted by Crippen LogP contribution is -2.53. The third-order valence-electron chi connectivity index (χ3n) is 6.83. The van der Waals surface area contributed by atoms with Crippen molar-refractivity contribution in [3.05, 3.63) is 18.2 Å². The molecular formula is C24H33N3O5. The minimum absolute atomic E-state index is 0.00588. The normalized spacial score (nSPS) is 22.5. The molecule has 3 amide bonds. The SMILES string of the molecule is CC[C@H](C)[C@H](NC(=O)[C@@H]1CC(=O)N(c2ccc3c(c2)OCCO3)C1)C(=O)NC1CCCC1. The lowest BCUT2D eigenvalue weighted by molar-refractivity contribution is -0.132. The van der Waals surface area contributed by atoms with Crippen LogP contribution in [0.15, 0.2) is 18.2 Å². The van der Waals surface area contributed by atoms with Crippen LogP contribution in [0.5, 0.6) is 11.5 Å². The third-order valence-corrected chi connectivity index (χ3v) is 6.83. The standard InChI is InChI=1S/C24H33N3O5/c1-3-15(2)22(24(30)25-17-6-4-5-7-17)26-23(29)16-12-21(28)27(14-16)18-8-9-19-20(13-18)32-11-10-31-19/h8-9,13,15-17,22H,3-7,10-12,14H2,1-2H3,(H,25,30)(H,26,29)/t15-,16+,22-/m0/s1. The fraction of sp³-hybridized carbons (Fsp3) is 0.625. The maximum absolute atomic E-state index is 13.1. The van der Waals surface area contributed by atoms with Gasteiger partial charge in [-0.1, -0.05) is 33.1 Å². The van der Waals surface area contributed by atoms with Crippen LogP contribution in [0.25, 0.3) is 0 Å². The topological polar surface area (TPSA) is 97.0 Å². The van der Waals surface area contributed by atoms with Crippen molar-refractivity contribution in [2.24, 2.45) is 11.8 Å². The molecule has 1 aromatic carbocycles. The summed E-state index contributed by atoms with van der Waals surface area (Å²) in [5, 5.41) is 6.06. The summed E-state index contributed by atoms with van der Waals surface area (Å²) in [5.74, 6) is 0.295. The van der Waals surface area contributed by atoms with Crippen LogP contribution in [0, 0.1) is 11.8 Å². The number of carbonyl (C=O) groups is 3. The molecule has 0 radical (unpaired) electrons. The van der Waals surface area contributed by atoms with E-state index in [9.17, 15) is 14.4 Å². The molecule has 2 fully saturated rings. The van der Waals surface area contributed by atoms with Gasteiger partial charge in [-0.15, -0.1) is 0 Å². The van der Waals surface area contributed by atoms with E-state index in [1.165, 1.54) is 0 Å². The fourth-order valence-corrected chi connectivity index (χ4v) is 4.67. The van der Waals surface area contributed by atoms with E-state index in [0.717, 1.165) is 32.1 Å². The summed E-state index contributed by atoms with van der Waals surface area (Å²) < 4.78 is 11.2. The molecule has 8 heteroatoms. The largest absolute Gasteiger partial charge is 0.486 e. The average Bonchev–Trinajstić information content (AvgIpc) is 3.46. The maximum Gasteiger partial charge on any atom is 0.243 e. The first-order valence-corrected chi connectivity index (χ1v) is 11.8. The van der Waals surface area contributed by atoms with Crippen LogP contribution in [0.3, 0.4) is 0 Å². The first-order chi connectivity index (χ1) is 15.5. The summed E-state index contributed by atoms with van der Waals surface area (Å²) in [7, 11) is 0. The van der Waals surface area contributed by atoms with Gasteiger partial charge in [0.1, 0.15) is 19.3 Å². The van der Waals surface area contributed by atoms with Gasteiger partial charge in [0, 0.05) is 30.8 Å². The number of benzene rings is 1. The molecule has 1 saturated carbocycles. The van der Waals surface area contributed by atoms with Crippen LogP contribution < -0.4 is 25.0 Å². The molecule has 3 aliphatic rings. The molecule has 0 unspecified atom stereocenters. The van der Waals surface area contributed by atoms with Crippen LogP contribution in [0.4, 0.5) is 5.69 Å². The number of fused-ring (bicyclic) bond motifs is 1. The summed E-state index contributed by atoms with van der Waals surface area (Å²) in [6, 6.07) is 4.99. The first kappa shape index (κ1) is 22.4. The Kier molecular flexibility index (Phi) is 6.86. The van der Waals surface area contributed by atoms with E-state index >= 15 is 0 Å². The number of carbonyl (C=O) groups excluding carboxylic acids is 3. The van der Waals surface area contributed by atoms with Crippen molar-refractivity contribution in [3.8, 4) is 11.5 Å². The quantitative estimate of drug-likeness (QED) is 0.675. The lowest BCUT2D eigenvalue weighted by Gasteiger charge is -2.26. The molecule has 8 nitrogen and oxygen atoms in total. The highest BCUT2D eigenvalue weighted by atomic mass is 16.6.